The van der Waals surface area contributed by atoms with Crippen molar-refractivity contribution < 1.29 is 0 Å². The van der Waals surface area contributed by atoms with Gasteiger partial charge in [0.25, 0.3) is 0 Å². The van der Waals surface area contributed by atoms with E-state index in [9.17, 15) is 0 Å². The minimum absolute atomic E-state index is 0.605. The first-order valence-corrected chi connectivity index (χ1v) is 7.59. The highest BCUT2D eigenvalue weighted by atomic mass is 79.9. The topological polar surface area (TPSA) is 15.3 Å². The van der Waals surface area contributed by atoms with Gasteiger partial charge in [0.05, 0.1) is 0 Å². The molecule has 2 atom stereocenters. The van der Waals surface area contributed by atoms with E-state index in [1.807, 2.05) is 0 Å². The maximum atomic E-state index is 3.71. The lowest BCUT2D eigenvalue weighted by Crippen LogP contribution is -2.37. The van der Waals surface area contributed by atoms with E-state index in [0.29, 0.717) is 5.92 Å². The Balaban J connectivity index is 2.19. The lowest BCUT2D eigenvalue weighted by molar-refractivity contribution is 0.185. The van der Waals surface area contributed by atoms with E-state index in [2.05, 4.69) is 64.5 Å². The Morgan fingerprint density at radius 1 is 1.44 bits per heavy atom. The van der Waals surface area contributed by atoms with E-state index in [-0.39, 0.29) is 0 Å². The fraction of sp³-hybridized carbons (Fsp3) is 0.600. The van der Waals surface area contributed by atoms with E-state index >= 15 is 0 Å². The number of piperidine rings is 1. The molecule has 2 rings (SSSR count). The molecule has 100 valence electrons. The molecule has 1 aliphatic heterocycles. The monoisotopic (exact) mass is 310 g/mol. The van der Waals surface area contributed by atoms with Gasteiger partial charge in [0.15, 0.2) is 0 Å². The van der Waals surface area contributed by atoms with Crippen molar-refractivity contribution in [3.63, 3.8) is 0 Å². The summed E-state index contributed by atoms with van der Waals surface area (Å²) in [6, 6.07) is 8.66. The van der Waals surface area contributed by atoms with Crippen LogP contribution in [0.25, 0.3) is 0 Å². The number of nitrogens with one attached hydrogen (secondary N) is 1. The number of hydrogen-bond donors (Lipinski definition) is 1. The van der Waals surface area contributed by atoms with Crippen LogP contribution in [0.4, 0.5) is 0 Å². The quantitative estimate of drug-likeness (QED) is 0.919. The largest absolute Gasteiger partial charge is 0.319 e. The molecular formula is C15H23BrN2. The van der Waals surface area contributed by atoms with Crippen LogP contribution >= 0.6 is 15.9 Å². The molecule has 0 radical (unpaired) electrons. The van der Waals surface area contributed by atoms with Gasteiger partial charge in [-0.1, -0.05) is 34.1 Å². The van der Waals surface area contributed by atoms with E-state index < -0.39 is 0 Å². The lowest BCUT2D eigenvalue weighted by atomic mass is 9.81. The molecule has 2 unspecified atom stereocenters. The van der Waals surface area contributed by atoms with Crippen molar-refractivity contribution in [2.24, 2.45) is 5.92 Å². The summed E-state index contributed by atoms with van der Waals surface area (Å²) in [6.45, 7) is 3.52. The number of likely N-dealkylation sites (N-methyl/N-ethyl adjacent to an activating group) is 1. The predicted molar refractivity (Wildman–Crippen MR) is 81.0 cm³/mol. The molecule has 1 aliphatic rings. The lowest BCUT2D eigenvalue weighted by Gasteiger charge is -2.35. The Hall–Kier alpha value is -0.380. The third-order valence-corrected chi connectivity index (χ3v) is 4.68. The van der Waals surface area contributed by atoms with Crippen LogP contribution < -0.4 is 5.32 Å². The van der Waals surface area contributed by atoms with Crippen molar-refractivity contribution >= 4 is 15.9 Å². The molecule has 1 N–H and O–H groups in total. The average Bonchev–Trinajstić information content (AvgIpc) is 2.37. The second kappa shape index (κ2) is 6.69. The summed E-state index contributed by atoms with van der Waals surface area (Å²) in [7, 11) is 4.29. The van der Waals surface area contributed by atoms with Crippen LogP contribution in [0.3, 0.4) is 0 Å². The van der Waals surface area contributed by atoms with Crippen LogP contribution in [0.2, 0.25) is 0 Å². The molecule has 1 heterocycles. The second-order valence-electron chi connectivity index (χ2n) is 5.35. The zero-order chi connectivity index (χ0) is 13.0. The molecule has 18 heavy (non-hydrogen) atoms. The number of hydrogen-bond acceptors (Lipinski definition) is 2. The molecule has 3 heteroatoms. The maximum absolute atomic E-state index is 3.71. The van der Waals surface area contributed by atoms with Crippen LogP contribution in [-0.2, 0) is 0 Å². The molecule has 0 amide bonds. The number of halogens is 1. The number of rotatable bonds is 4. The van der Waals surface area contributed by atoms with Crippen LogP contribution in [0.5, 0.6) is 0 Å². The van der Waals surface area contributed by atoms with Crippen LogP contribution in [0.15, 0.2) is 28.7 Å². The van der Waals surface area contributed by atoms with Crippen molar-refractivity contribution in [2.45, 2.75) is 18.8 Å². The van der Waals surface area contributed by atoms with E-state index in [0.717, 1.165) is 12.5 Å². The zero-order valence-electron chi connectivity index (χ0n) is 11.3. The number of likely N-dealkylation sites (tertiary alicyclic amines) is 1. The first-order chi connectivity index (χ1) is 8.72. The van der Waals surface area contributed by atoms with Gasteiger partial charge in [-0.2, -0.15) is 0 Å². The zero-order valence-corrected chi connectivity index (χ0v) is 12.9. The summed E-state index contributed by atoms with van der Waals surface area (Å²) < 4.78 is 1.25. The van der Waals surface area contributed by atoms with Crippen molar-refractivity contribution in [1.82, 2.24) is 10.2 Å². The normalized spacial score (nSPS) is 22.9. The highest BCUT2D eigenvalue weighted by molar-refractivity contribution is 9.10. The van der Waals surface area contributed by atoms with Gasteiger partial charge >= 0.3 is 0 Å². The molecule has 0 saturated carbocycles. The van der Waals surface area contributed by atoms with Crippen LogP contribution in [0, 0.1) is 5.92 Å². The van der Waals surface area contributed by atoms with Gasteiger partial charge in [0, 0.05) is 23.5 Å². The summed E-state index contributed by atoms with van der Waals surface area (Å²) in [4.78, 5) is 2.47. The Morgan fingerprint density at radius 3 is 2.89 bits per heavy atom. The summed E-state index contributed by atoms with van der Waals surface area (Å²) in [6.07, 6.45) is 2.67. The first-order valence-electron chi connectivity index (χ1n) is 6.80. The fourth-order valence-electron chi connectivity index (χ4n) is 3.06. The van der Waals surface area contributed by atoms with Gasteiger partial charge < -0.3 is 10.2 Å². The highest BCUT2D eigenvalue weighted by Crippen LogP contribution is 2.34. The minimum atomic E-state index is 0.605. The van der Waals surface area contributed by atoms with Gasteiger partial charge in [0.2, 0.25) is 0 Å². The first kappa shape index (κ1) is 14.0. The Morgan fingerprint density at radius 2 is 2.22 bits per heavy atom. The Labute approximate surface area is 119 Å². The number of nitrogens with zero attached hydrogens (tertiary/aromatic N) is 1. The van der Waals surface area contributed by atoms with E-state index in [4.69, 9.17) is 0 Å². The SMILES string of the molecule is CNCC(c1ccccc1Br)C1CCCN(C)C1. The molecule has 1 saturated heterocycles. The summed E-state index contributed by atoms with van der Waals surface area (Å²) >= 11 is 3.71. The second-order valence-corrected chi connectivity index (χ2v) is 6.20. The fourth-order valence-corrected chi connectivity index (χ4v) is 3.64. The summed E-state index contributed by atoms with van der Waals surface area (Å²) in [5.74, 6) is 1.36. The van der Waals surface area contributed by atoms with Crippen molar-refractivity contribution in [1.29, 1.82) is 0 Å². The van der Waals surface area contributed by atoms with Gasteiger partial charge in [0.1, 0.15) is 0 Å². The molecule has 1 aromatic carbocycles. The standard InChI is InChI=1S/C15H23BrN2/c1-17-10-14(12-6-5-9-18(2)11-12)13-7-3-4-8-15(13)16/h3-4,7-8,12,14,17H,5-6,9-11H2,1-2H3. The molecular weight excluding hydrogens is 288 g/mol. The maximum Gasteiger partial charge on any atom is 0.0210 e. The molecule has 0 aliphatic carbocycles. The Bertz CT molecular complexity index is 381. The van der Waals surface area contributed by atoms with Gasteiger partial charge in [-0.05, 0) is 51.0 Å². The molecule has 2 nitrogen and oxygen atoms in total. The third-order valence-electron chi connectivity index (χ3n) is 3.96. The van der Waals surface area contributed by atoms with E-state index in [1.54, 1.807) is 0 Å². The third kappa shape index (κ3) is 3.34. The van der Waals surface area contributed by atoms with Crippen molar-refractivity contribution in [2.75, 3.05) is 33.7 Å². The highest BCUT2D eigenvalue weighted by Gasteiger charge is 2.27. The van der Waals surface area contributed by atoms with Crippen molar-refractivity contribution in [3.8, 4) is 0 Å². The van der Waals surface area contributed by atoms with Crippen molar-refractivity contribution in [3.05, 3.63) is 34.3 Å². The van der Waals surface area contributed by atoms with Crippen LogP contribution in [0.1, 0.15) is 24.3 Å². The van der Waals surface area contributed by atoms with Gasteiger partial charge in [-0.25, -0.2) is 0 Å². The molecule has 0 aromatic heterocycles. The summed E-state index contributed by atoms with van der Waals surface area (Å²) in [5.41, 5.74) is 1.45. The minimum Gasteiger partial charge on any atom is -0.319 e. The van der Waals surface area contributed by atoms with E-state index in [1.165, 1.54) is 36.0 Å². The Kier molecular flexibility index (Phi) is 5.22. The van der Waals surface area contributed by atoms with Crippen LogP contribution in [-0.4, -0.2) is 38.6 Å². The number of benzene rings is 1. The smallest absolute Gasteiger partial charge is 0.0210 e. The average molecular weight is 311 g/mol. The predicted octanol–water partition coefficient (Wildman–Crippen LogP) is 3.09. The molecule has 0 spiro atoms. The molecule has 1 aromatic rings. The summed E-state index contributed by atoms with van der Waals surface area (Å²) in [5, 5.41) is 3.37. The molecule has 0 bridgehead atoms. The van der Waals surface area contributed by atoms with Gasteiger partial charge in [-0.15, -0.1) is 0 Å². The molecule has 1 fully saturated rings. The van der Waals surface area contributed by atoms with Gasteiger partial charge in [-0.3, -0.25) is 0 Å².